The van der Waals surface area contributed by atoms with Gasteiger partial charge in [0.1, 0.15) is 17.7 Å². The highest BCUT2D eigenvalue weighted by Crippen LogP contribution is 2.46. The average molecular weight is 503 g/mol. The molecule has 3 rings (SSSR count). The number of para-hydroxylation sites is 1. The monoisotopic (exact) mass is 503 g/mol. The molecular formula is C23H26N3O8P. The fraction of sp³-hybridized carbons (Fsp3) is 0.348. The number of nitrogens with zero attached hydrogens (tertiary/aromatic N) is 1. The highest BCUT2D eigenvalue weighted by atomic mass is 31.2. The van der Waals surface area contributed by atoms with Crippen molar-refractivity contribution < 1.29 is 27.9 Å². The summed E-state index contributed by atoms with van der Waals surface area (Å²) in [5.41, 5.74) is -1.27. The Morgan fingerprint density at radius 1 is 1.26 bits per heavy atom. The molecule has 186 valence electrons. The minimum atomic E-state index is -4.11. The minimum absolute atomic E-state index is 0.248. The third kappa shape index (κ3) is 7.16. The number of hydrogen-bond acceptors (Lipinski definition) is 8. The summed E-state index contributed by atoms with van der Waals surface area (Å²) in [6.45, 7) is 4.56. The van der Waals surface area contributed by atoms with Crippen LogP contribution in [0.1, 0.15) is 27.0 Å². The summed E-state index contributed by atoms with van der Waals surface area (Å²) in [5.74, 6) is 2.36. The first-order chi connectivity index (χ1) is 16.6. The first-order valence-electron chi connectivity index (χ1n) is 10.7. The second-order valence-corrected chi connectivity index (χ2v) is 9.54. The van der Waals surface area contributed by atoms with Crippen molar-refractivity contribution in [2.45, 2.75) is 45.2 Å². The van der Waals surface area contributed by atoms with Gasteiger partial charge >= 0.3 is 19.4 Å². The maximum Gasteiger partial charge on any atom is 0.459 e. The summed E-state index contributed by atoms with van der Waals surface area (Å²) in [4.78, 5) is 37.9. The van der Waals surface area contributed by atoms with Crippen LogP contribution in [0.2, 0.25) is 0 Å². The number of aromatic nitrogens is 2. The topological polar surface area (TPSA) is 138 Å². The molecule has 11 nitrogen and oxygen atoms in total. The molecular weight excluding hydrogens is 477 g/mol. The number of benzene rings is 1. The van der Waals surface area contributed by atoms with Crippen LogP contribution in [-0.4, -0.2) is 40.4 Å². The molecule has 0 bridgehead atoms. The largest absolute Gasteiger partial charge is 0.462 e. The quantitative estimate of drug-likeness (QED) is 0.283. The highest BCUT2D eigenvalue weighted by Gasteiger charge is 2.40. The molecule has 1 aliphatic heterocycles. The zero-order valence-electron chi connectivity index (χ0n) is 19.4. The summed E-state index contributed by atoms with van der Waals surface area (Å²) < 4.78 is 36.8. The van der Waals surface area contributed by atoms with Crippen LogP contribution in [0, 0.1) is 24.7 Å². The molecule has 2 heterocycles. The molecule has 0 aliphatic carbocycles. The lowest BCUT2D eigenvalue weighted by Crippen LogP contribution is -2.36. The molecule has 1 aliphatic rings. The van der Waals surface area contributed by atoms with E-state index in [4.69, 9.17) is 24.9 Å². The molecule has 2 radical (unpaired) electrons. The van der Waals surface area contributed by atoms with Crippen molar-refractivity contribution in [3.8, 4) is 18.1 Å². The lowest BCUT2D eigenvalue weighted by atomic mass is 10.0. The van der Waals surface area contributed by atoms with Gasteiger partial charge in [0, 0.05) is 18.7 Å². The lowest BCUT2D eigenvalue weighted by molar-refractivity contribution is -0.149. The first kappa shape index (κ1) is 26.4. The number of rotatable bonds is 10. The average Bonchev–Trinajstić information content (AvgIpc) is 3.21. The van der Waals surface area contributed by atoms with Gasteiger partial charge in [-0.05, 0) is 32.9 Å². The number of H-pyrrole nitrogens is 1. The van der Waals surface area contributed by atoms with Gasteiger partial charge in [-0.3, -0.25) is 23.7 Å². The first-order valence-corrected chi connectivity index (χ1v) is 12.3. The van der Waals surface area contributed by atoms with Crippen LogP contribution in [0.3, 0.4) is 0 Å². The van der Waals surface area contributed by atoms with E-state index in [0.717, 1.165) is 10.6 Å². The molecule has 2 aromatic rings. The van der Waals surface area contributed by atoms with Crippen LogP contribution in [0.5, 0.6) is 5.75 Å². The van der Waals surface area contributed by atoms with E-state index < -0.39 is 43.3 Å². The standard InChI is InChI=1S/C23H26N3O8P/c1-5-17-13-19(33-21(17)26-12-11-20(27)24-23(26)29)14-31-35(30,34-18-9-7-6-8-10-18)25-16(4)22(28)32-15(2)3/h1,6-13,15-16,19,21H,14H2,2-4H3,(H,25,30)(H,24,27,29)/t16-,19+,21+,35?/m0/s1. The summed E-state index contributed by atoms with van der Waals surface area (Å²) in [6, 6.07) is 8.43. The minimum Gasteiger partial charge on any atom is -0.462 e. The number of terminal acetylenes is 1. The van der Waals surface area contributed by atoms with E-state index >= 15 is 0 Å². The van der Waals surface area contributed by atoms with E-state index in [1.165, 1.54) is 19.5 Å². The number of nitrogens with one attached hydrogen (secondary N) is 2. The normalized spacial score (nSPS) is 20.7. The maximum absolute atomic E-state index is 13.6. The van der Waals surface area contributed by atoms with E-state index in [1.807, 2.05) is 0 Å². The van der Waals surface area contributed by atoms with Gasteiger partial charge in [-0.25, -0.2) is 9.36 Å². The smallest absolute Gasteiger partial charge is 0.459 e. The Balaban J connectivity index is 1.74. The SMILES string of the molecule is C#C[C]1[CH][C@H](COP(=O)(N[C@@H](C)C(=O)OC(C)C)Oc2ccccc2)O[C@H]1n1ccc(=O)[nH]c1=O. The van der Waals surface area contributed by atoms with Gasteiger partial charge in [-0.15, -0.1) is 6.42 Å². The molecule has 12 heteroatoms. The third-order valence-corrected chi connectivity index (χ3v) is 6.28. The predicted molar refractivity (Wildman–Crippen MR) is 126 cm³/mol. The van der Waals surface area contributed by atoms with Crippen LogP contribution < -0.4 is 20.9 Å². The van der Waals surface area contributed by atoms with Crippen molar-refractivity contribution in [1.82, 2.24) is 14.6 Å². The molecule has 1 aromatic carbocycles. The summed E-state index contributed by atoms with van der Waals surface area (Å²) >= 11 is 0. The van der Waals surface area contributed by atoms with Gasteiger partial charge in [-0.2, -0.15) is 5.09 Å². The Kier molecular flexibility index (Phi) is 8.70. The number of aromatic amines is 1. The second-order valence-electron chi connectivity index (χ2n) is 7.84. The number of carbonyl (C=O) groups excluding carboxylic acids is 1. The Labute approximate surface area is 202 Å². The van der Waals surface area contributed by atoms with Gasteiger partial charge in [0.2, 0.25) is 0 Å². The Hall–Kier alpha value is -3.16. The van der Waals surface area contributed by atoms with E-state index in [0.29, 0.717) is 5.92 Å². The number of ether oxygens (including phenoxy) is 2. The van der Waals surface area contributed by atoms with Gasteiger partial charge in [-0.1, -0.05) is 24.1 Å². The molecule has 35 heavy (non-hydrogen) atoms. The van der Waals surface area contributed by atoms with Gasteiger partial charge in [0.15, 0.2) is 6.23 Å². The zero-order valence-corrected chi connectivity index (χ0v) is 20.3. The fourth-order valence-electron chi connectivity index (χ4n) is 3.10. The van der Waals surface area contributed by atoms with Gasteiger partial charge < -0.3 is 14.0 Å². The van der Waals surface area contributed by atoms with Crippen molar-refractivity contribution in [3.05, 3.63) is 75.8 Å². The van der Waals surface area contributed by atoms with E-state index in [9.17, 15) is 18.9 Å². The molecule has 1 fully saturated rings. The van der Waals surface area contributed by atoms with Gasteiger partial charge in [0.25, 0.3) is 5.56 Å². The Morgan fingerprint density at radius 2 is 1.97 bits per heavy atom. The Morgan fingerprint density at radius 3 is 2.60 bits per heavy atom. The molecule has 1 saturated heterocycles. The van der Waals surface area contributed by atoms with E-state index in [1.54, 1.807) is 44.2 Å². The van der Waals surface area contributed by atoms with Crippen LogP contribution in [-0.2, 0) is 23.4 Å². The van der Waals surface area contributed by atoms with E-state index in [-0.39, 0.29) is 18.5 Å². The second kappa shape index (κ2) is 11.5. The fourth-order valence-corrected chi connectivity index (χ4v) is 4.60. The van der Waals surface area contributed by atoms with Crippen molar-refractivity contribution >= 4 is 13.7 Å². The van der Waals surface area contributed by atoms with Crippen LogP contribution >= 0.6 is 7.75 Å². The van der Waals surface area contributed by atoms with Crippen molar-refractivity contribution in [3.63, 3.8) is 0 Å². The molecule has 2 N–H and O–H groups in total. The number of hydrogen-bond donors (Lipinski definition) is 2. The molecule has 4 atom stereocenters. The molecule has 0 saturated carbocycles. The van der Waals surface area contributed by atoms with Crippen LogP contribution in [0.4, 0.5) is 0 Å². The molecule has 0 spiro atoms. The predicted octanol–water partition coefficient (Wildman–Crippen LogP) is 1.98. The molecule has 0 amide bonds. The summed E-state index contributed by atoms with van der Waals surface area (Å²) in [5, 5.41) is 2.58. The van der Waals surface area contributed by atoms with Crippen molar-refractivity contribution in [1.29, 1.82) is 0 Å². The number of carbonyl (C=O) groups is 1. The Bertz CT molecular complexity index is 1220. The summed E-state index contributed by atoms with van der Waals surface area (Å²) in [6.07, 6.45) is 6.19. The number of esters is 1. The third-order valence-electron chi connectivity index (χ3n) is 4.64. The highest BCUT2D eigenvalue weighted by molar-refractivity contribution is 7.52. The maximum atomic E-state index is 13.6. The summed E-state index contributed by atoms with van der Waals surface area (Å²) in [7, 11) is -4.11. The zero-order chi connectivity index (χ0) is 25.6. The van der Waals surface area contributed by atoms with Crippen molar-refractivity contribution in [2.75, 3.05) is 6.61 Å². The molecule has 1 unspecified atom stereocenters. The molecule has 1 aromatic heterocycles. The van der Waals surface area contributed by atoms with Crippen molar-refractivity contribution in [2.24, 2.45) is 0 Å². The van der Waals surface area contributed by atoms with E-state index in [2.05, 4.69) is 16.0 Å². The van der Waals surface area contributed by atoms with Crippen LogP contribution in [0.15, 0.2) is 52.2 Å². The van der Waals surface area contributed by atoms with Gasteiger partial charge in [0.05, 0.1) is 18.8 Å². The van der Waals surface area contributed by atoms with Crippen LogP contribution in [0.25, 0.3) is 0 Å². The lowest BCUT2D eigenvalue weighted by Gasteiger charge is -2.24.